The number of nitrogens with zero attached hydrogens (tertiary/aromatic N) is 1. The first kappa shape index (κ1) is 9.13. The second kappa shape index (κ2) is 4.96. The van der Waals surface area contributed by atoms with Gasteiger partial charge in [0.2, 0.25) is 0 Å². The molecular formula is C6H11NO3. The van der Waals surface area contributed by atoms with Gasteiger partial charge in [0.15, 0.2) is 0 Å². The summed E-state index contributed by atoms with van der Waals surface area (Å²) in [7, 11) is 1.42. The zero-order valence-electron chi connectivity index (χ0n) is 6.16. The Bertz CT molecular complexity index is 120. The smallest absolute Gasteiger partial charge is 0.338 e. The average molecular weight is 145 g/mol. The fourth-order valence-corrected chi connectivity index (χ4v) is 0.369. The average Bonchev–Trinajstić information content (AvgIpc) is 1.99. The van der Waals surface area contributed by atoms with Crippen molar-refractivity contribution in [1.29, 1.82) is 0 Å². The van der Waals surface area contributed by atoms with Crippen LogP contribution in [0.3, 0.4) is 0 Å². The van der Waals surface area contributed by atoms with Crippen molar-refractivity contribution in [2.45, 2.75) is 6.92 Å². The molecule has 0 atom stereocenters. The van der Waals surface area contributed by atoms with Gasteiger partial charge in [-0.1, -0.05) is 6.58 Å². The Hall–Kier alpha value is -0.870. The lowest BCUT2D eigenvalue weighted by atomic mass is 10.7. The van der Waals surface area contributed by atoms with Crippen LogP contribution in [0.15, 0.2) is 12.7 Å². The van der Waals surface area contributed by atoms with Gasteiger partial charge in [-0.2, -0.15) is 0 Å². The molecule has 0 N–H and O–H groups in total. The molecule has 10 heavy (non-hydrogen) atoms. The van der Waals surface area contributed by atoms with E-state index in [-0.39, 0.29) is 0 Å². The highest BCUT2D eigenvalue weighted by Gasteiger charge is 2.03. The summed E-state index contributed by atoms with van der Waals surface area (Å²) in [5, 5.41) is 1.06. The number of hydrogen-bond acceptors (Lipinski definition) is 4. The number of hydroxylamine groups is 2. The van der Waals surface area contributed by atoms with Gasteiger partial charge in [0.25, 0.3) is 0 Å². The second-order valence-electron chi connectivity index (χ2n) is 1.45. The first-order valence-electron chi connectivity index (χ1n) is 2.90. The van der Waals surface area contributed by atoms with E-state index in [1.54, 1.807) is 6.92 Å². The van der Waals surface area contributed by atoms with E-state index in [0.717, 1.165) is 11.3 Å². The number of hydrogen-bond donors (Lipinski definition) is 0. The van der Waals surface area contributed by atoms with Crippen molar-refractivity contribution in [3.05, 3.63) is 12.7 Å². The van der Waals surface area contributed by atoms with E-state index in [1.807, 2.05) is 0 Å². The highest BCUT2D eigenvalue weighted by atomic mass is 17.0. The minimum atomic E-state index is -0.524. The second-order valence-corrected chi connectivity index (χ2v) is 1.45. The lowest BCUT2D eigenvalue weighted by molar-refractivity contribution is -0.328. The van der Waals surface area contributed by atoms with Gasteiger partial charge in [-0.3, -0.25) is 4.84 Å². The van der Waals surface area contributed by atoms with Gasteiger partial charge in [-0.25, -0.2) is 4.79 Å². The van der Waals surface area contributed by atoms with Crippen LogP contribution in [0.2, 0.25) is 0 Å². The molecule has 0 heterocycles. The van der Waals surface area contributed by atoms with Crippen LogP contribution < -0.4 is 0 Å². The lowest BCUT2D eigenvalue weighted by Gasteiger charge is -2.13. The predicted molar refractivity (Wildman–Crippen MR) is 35.7 cm³/mol. The predicted octanol–water partition coefficient (Wildman–Crippen LogP) is 0.514. The highest BCUT2D eigenvalue weighted by molar-refractivity contribution is 5.80. The summed E-state index contributed by atoms with van der Waals surface area (Å²) in [5.41, 5.74) is 0. The van der Waals surface area contributed by atoms with Crippen LogP contribution in [0, 0.1) is 0 Å². The Labute approximate surface area is 59.9 Å². The number of rotatable bonds is 4. The van der Waals surface area contributed by atoms with Crippen molar-refractivity contribution in [1.82, 2.24) is 5.23 Å². The van der Waals surface area contributed by atoms with Crippen molar-refractivity contribution >= 4 is 5.97 Å². The summed E-state index contributed by atoms with van der Waals surface area (Å²) in [4.78, 5) is 19.6. The Morgan fingerprint density at radius 3 is 2.70 bits per heavy atom. The van der Waals surface area contributed by atoms with Crippen LogP contribution in [-0.2, 0) is 14.5 Å². The first-order valence-corrected chi connectivity index (χ1v) is 2.90. The minimum Gasteiger partial charge on any atom is -0.338 e. The maximum absolute atomic E-state index is 10.5. The minimum absolute atomic E-state index is 0.482. The van der Waals surface area contributed by atoms with E-state index in [1.165, 1.54) is 7.11 Å². The summed E-state index contributed by atoms with van der Waals surface area (Å²) in [5.74, 6) is -0.524. The van der Waals surface area contributed by atoms with E-state index in [9.17, 15) is 4.79 Å². The summed E-state index contributed by atoms with van der Waals surface area (Å²) >= 11 is 0. The third kappa shape index (κ3) is 3.21. The summed E-state index contributed by atoms with van der Waals surface area (Å²) in [6.07, 6.45) is 1.07. The topological polar surface area (TPSA) is 38.8 Å². The summed E-state index contributed by atoms with van der Waals surface area (Å²) < 4.78 is 0. The van der Waals surface area contributed by atoms with E-state index in [2.05, 4.69) is 16.3 Å². The molecular weight excluding hydrogens is 134 g/mol. The Kier molecular flexibility index (Phi) is 4.53. The SMILES string of the molecule is C=CC(=O)ON(CC)OC. The molecule has 0 saturated carbocycles. The van der Waals surface area contributed by atoms with E-state index < -0.39 is 5.97 Å². The van der Waals surface area contributed by atoms with E-state index >= 15 is 0 Å². The number of carbonyl (C=O) groups excluding carboxylic acids is 1. The molecule has 0 rings (SSSR count). The largest absolute Gasteiger partial charge is 0.351 e. The lowest BCUT2D eigenvalue weighted by Crippen LogP contribution is -2.24. The van der Waals surface area contributed by atoms with Gasteiger partial charge in [-0.05, 0) is 12.2 Å². The molecule has 0 radical (unpaired) electrons. The third-order valence-corrected chi connectivity index (χ3v) is 0.820. The molecule has 0 unspecified atom stereocenters. The van der Waals surface area contributed by atoms with Gasteiger partial charge < -0.3 is 4.84 Å². The van der Waals surface area contributed by atoms with Gasteiger partial charge in [0, 0.05) is 6.08 Å². The molecule has 58 valence electrons. The van der Waals surface area contributed by atoms with Gasteiger partial charge in [0.05, 0.1) is 13.7 Å². The van der Waals surface area contributed by atoms with E-state index in [0.29, 0.717) is 6.54 Å². The van der Waals surface area contributed by atoms with Gasteiger partial charge in [0.1, 0.15) is 0 Å². The molecule has 0 aromatic carbocycles. The monoisotopic (exact) mass is 145 g/mol. The quantitative estimate of drug-likeness (QED) is 0.427. The molecule has 0 aliphatic heterocycles. The van der Waals surface area contributed by atoms with E-state index in [4.69, 9.17) is 0 Å². The van der Waals surface area contributed by atoms with Crippen molar-refractivity contribution < 1.29 is 14.5 Å². The fourth-order valence-electron chi connectivity index (χ4n) is 0.369. The molecule has 0 spiro atoms. The van der Waals surface area contributed by atoms with Crippen LogP contribution in [-0.4, -0.2) is 24.9 Å². The van der Waals surface area contributed by atoms with Gasteiger partial charge >= 0.3 is 5.97 Å². The first-order chi connectivity index (χ1) is 4.74. The fraction of sp³-hybridized carbons (Fsp3) is 0.500. The Morgan fingerprint density at radius 2 is 2.40 bits per heavy atom. The van der Waals surface area contributed by atoms with Crippen molar-refractivity contribution in [3.63, 3.8) is 0 Å². The van der Waals surface area contributed by atoms with Crippen LogP contribution in [0.1, 0.15) is 6.92 Å². The standard InChI is InChI=1S/C6H11NO3/c1-4-6(8)10-7(5-2)9-3/h4H,1,5H2,2-3H3. The van der Waals surface area contributed by atoms with Crippen LogP contribution in [0.4, 0.5) is 0 Å². The molecule has 0 aromatic rings. The Morgan fingerprint density at radius 1 is 1.80 bits per heavy atom. The molecule has 0 aliphatic carbocycles. The summed E-state index contributed by atoms with van der Waals surface area (Å²) in [6.45, 7) is 5.50. The molecule has 0 saturated heterocycles. The molecule has 0 aromatic heterocycles. The third-order valence-electron chi connectivity index (χ3n) is 0.820. The molecule has 0 fully saturated rings. The van der Waals surface area contributed by atoms with Crippen LogP contribution >= 0.6 is 0 Å². The van der Waals surface area contributed by atoms with Crippen molar-refractivity contribution in [2.24, 2.45) is 0 Å². The zero-order valence-corrected chi connectivity index (χ0v) is 6.16. The summed E-state index contributed by atoms with van der Waals surface area (Å²) in [6, 6.07) is 0. The zero-order chi connectivity index (χ0) is 7.98. The molecule has 0 aliphatic rings. The molecule has 0 bridgehead atoms. The number of carbonyl (C=O) groups is 1. The Balaban J connectivity index is 3.62. The normalized spacial score (nSPS) is 9.50. The van der Waals surface area contributed by atoms with Gasteiger partial charge in [-0.15, -0.1) is 0 Å². The van der Waals surface area contributed by atoms with Crippen molar-refractivity contribution in [2.75, 3.05) is 13.7 Å². The molecule has 4 heteroatoms. The maximum Gasteiger partial charge on any atom is 0.351 e. The van der Waals surface area contributed by atoms with Crippen LogP contribution in [0.5, 0.6) is 0 Å². The molecule has 0 amide bonds. The van der Waals surface area contributed by atoms with Crippen molar-refractivity contribution in [3.8, 4) is 0 Å². The van der Waals surface area contributed by atoms with Crippen LogP contribution in [0.25, 0.3) is 0 Å². The maximum atomic E-state index is 10.5. The highest BCUT2D eigenvalue weighted by Crippen LogP contribution is 1.89. The molecule has 4 nitrogen and oxygen atoms in total.